The summed E-state index contributed by atoms with van der Waals surface area (Å²) in [5, 5.41) is 2.91. The van der Waals surface area contributed by atoms with Gasteiger partial charge >= 0.3 is 0 Å². The summed E-state index contributed by atoms with van der Waals surface area (Å²) in [6, 6.07) is 0. The van der Waals surface area contributed by atoms with Gasteiger partial charge in [0.05, 0.1) is 13.0 Å². The molecule has 1 spiro atoms. The molecule has 19 heavy (non-hydrogen) atoms. The Morgan fingerprint density at radius 3 is 2.68 bits per heavy atom. The Hall–Kier alpha value is -1.10. The van der Waals surface area contributed by atoms with Crippen LogP contribution in [0.2, 0.25) is 0 Å². The SMILES string of the molecule is CCCOCCC(=O)N1CCC2(CC1)CNC(=O)C2. The Morgan fingerprint density at radius 1 is 1.37 bits per heavy atom. The van der Waals surface area contributed by atoms with Gasteiger partial charge in [-0.25, -0.2) is 0 Å². The Kier molecular flexibility index (Phi) is 4.80. The number of ether oxygens (including phenoxy) is 1. The lowest BCUT2D eigenvalue weighted by Crippen LogP contribution is -2.44. The van der Waals surface area contributed by atoms with E-state index < -0.39 is 0 Å². The lowest BCUT2D eigenvalue weighted by Gasteiger charge is -2.38. The third-order valence-corrected chi connectivity index (χ3v) is 4.18. The third kappa shape index (κ3) is 3.69. The van der Waals surface area contributed by atoms with Crippen molar-refractivity contribution >= 4 is 11.8 Å². The van der Waals surface area contributed by atoms with E-state index in [1.165, 1.54) is 0 Å². The predicted octanol–water partition coefficient (Wildman–Crippen LogP) is 0.932. The molecule has 1 N–H and O–H groups in total. The summed E-state index contributed by atoms with van der Waals surface area (Å²) in [7, 11) is 0. The summed E-state index contributed by atoms with van der Waals surface area (Å²) < 4.78 is 5.35. The average Bonchev–Trinajstić information content (AvgIpc) is 2.76. The summed E-state index contributed by atoms with van der Waals surface area (Å²) in [6.45, 7) is 5.65. The maximum Gasteiger partial charge on any atom is 0.224 e. The van der Waals surface area contributed by atoms with Crippen molar-refractivity contribution in [3.05, 3.63) is 0 Å². The normalized spacial score (nSPS) is 21.7. The number of nitrogens with zero attached hydrogens (tertiary/aromatic N) is 1. The van der Waals surface area contributed by atoms with Crippen LogP contribution >= 0.6 is 0 Å². The molecule has 2 aliphatic heterocycles. The van der Waals surface area contributed by atoms with Gasteiger partial charge in [0.25, 0.3) is 0 Å². The molecule has 0 radical (unpaired) electrons. The lowest BCUT2D eigenvalue weighted by atomic mass is 9.77. The van der Waals surface area contributed by atoms with Crippen LogP contribution in [0.5, 0.6) is 0 Å². The van der Waals surface area contributed by atoms with E-state index in [0.29, 0.717) is 19.4 Å². The molecule has 0 atom stereocenters. The van der Waals surface area contributed by atoms with Crippen LogP contribution in [0.25, 0.3) is 0 Å². The molecule has 0 aromatic rings. The molecule has 5 nitrogen and oxygen atoms in total. The van der Waals surface area contributed by atoms with E-state index in [1.807, 2.05) is 4.90 Å². The monoisotopic (exact) mass is 268 g/mol. The third-order valence-electron chi connectivity index (χ3n) is 4.18. The van der Waals surface area contributed by atoms with Crippen LogP contribution in [0, 0.1) is 5.41 Å². The fourth-order valence-corrected chi connectivity index (χ4v) is 2.90. The van der Waals surface area contributed by atoms with Gasteiger partial charge in [-0.3, -0.25) is 9.59 Å². The highest BCUT2D eigenvalue weighted by Crippen LogP contribution is 2.37. The summed E-state index contributed by atoms with van der Waals surface area (Å²) in [5.41, 5.74) is 0.118. The standard InChI is InChI=1S/C14H24N2O3/c1-2-8-19-9-3-13(18)16-6-4-14(5-7-16)10-12(17)15-11-14/h2-11H2,1H3,(H,15,17). The van der Waals surface area contributed by atoms with Gasteiger partial charge in [-0.05, 0) is 24.7 Å². The van der Waals surface area contributed by atoms with Crippen molar-refractivity contribution < 1.29 is 14.3 Å². The molecule has 2 rings (SSSR count). The molecule has 2 amide bonds. The highest BCUT2D eigenvalue weighted by Gasteiger charge is 2.41. The molecule has 0 bridgehead atoms. The van der Waals surface area contributed by atoms with E-state index in [1.54, 1.807) is 0 Å². The molecular weight excluding hydrogens is 244 g/mol. The van der Waals surface area contributed by atoms with Gasteiger partial charge in [-0.15, -0.1) is 0 Å². The van der Waals surface area contributed by atoms with E-state index in [4.69, 9.17) is 4.74 Å². The number of carbonyl (C=O) groups excluding carboxylic acids is 2. The molecule has 0 aliphatic carbocycles. The zero-order valence-electron chi connectivity index (χ0n) is 11.7. The molecule has 0 unspecified atom stereocenters. The minimum absolute atomic E-state index is 0.118. The van der Waals surface area contributed by atoms with Gasteiger partial charge in [0, 0.05) is 32.7 Å². The average molecular weight is 268 g/mol. The Labute approximate surface area is 114 Å². The van der Waals surface area contributed by atoms with Crippen molar-refractivity contribution in [2.24, 2.45) is 5.41 Å². The summed E-state index contributed by atoms with van der Waals surface area (Å²) in [6.07, 6.45) is 3.97. The predicted molar refractivity (Wildman–Crippen MR) is 71.6 cm³/mol. The van der Waals surface area contributed by atoms with Gasteiger partial charge in [-0.2, -0.15) is 0 Å². The maximum atomic E-state index is 12.0. The van der Waals surface area contributed by atoms with Crippen molar-refractivity contribution in [3.8, 4) is 0 Å². The summed E-state index contributed by atoms with van der Waals surface area (Å²) >= 11 is 0. The molecule has 0 saturated carbocycles. The van der Waals surface area contributed by atoms with Crippen molar-refractivity contribution in [3.63, 3.8) is 0 Å². The molecule has 5 heteroatoms. The number of piperidine rings is 1. The minimum atomic E-state index is 0.118. The van der Waals surface area contributed by atoms with Crippen LogP contribution in [-0.4, -0.2) is 49.6 Å². The van der Waals surface area contributed by atoms with Crippen molar-refractivity contribution in [2.75, 3.05) is 32.8 Å². The first kappa shape index (κ1) is 14.3. The number of hydrogen-bond donors (Lipinski definition) is 1. The zero-order chi connectivity index (χ0) is 13.7. The topological polar surface area (TPSA) is 58.6 Å². The van der Waals surface area contributed by atoms with E-state index in [0.717, 1.165) is 45.5 Å². The van der Waals surface area contributed by atoms with Gasteiger partial charge < -0.3 is 15.0 Å². The van der Waals surface area contributed by atoms with E-state index in [9.17, 15) is 9.59 Å². The Balaban J connectivity index is 1.70. The summed E-state index contributed by atoms with van der Waals surface area (Å²) in [5.74, 6) is 0.343. The second kappa shape index (κ2) is 6.37. The number of nitrogens with one attached hydrogen (secondary N) is 1. The first-order chi connectivity index (χ1) is 9.15. The van der Waals surface area contributed by atoms with Gasteiger partial charge in [0.2, 0.25) is 11.8 Å². The first-order valence-electron chi connectivity index (χ1n) is 7.27. The van der Waals surface area contributed by atoms with Gasteiger partial charge in [0.1, 0.15) is 0 Å². The van der Waals surface area contributed by atoms with Crippen molar-refractivity contribution in [2.45, 2.75) is 39.0 Å². The second-order valence-electron chi connectivity index (χ2n) is 5.70. The molecule has 2 heterocycles. The van der Waals surface area contributed by atoms with Crippen LogP contribution in [0.4, 0.5) is 0 Å². The van der Waals surface area contributed by atoms with E-state index in [-0.39, 0.29) is 17.2 Å². The van der Waals surface area contributed by atoms with E-state index in [2.05, 4.69) is 12.2 Å². The number of amides is 2. The second-order valence-corrected chi connectivity index (χ2v) is 5.70. The number of rotatable bonds is 5. The fourth-order valence-electron chi connectivity index (χ4n) is 2.90. The summed E-state index contributed by atoms with van der Waals surface area (Å²) in [4.78, 5) is 25.2. The van der Waals surface area contributed by atoms with Crippen LogP contribution < -0.4 is 5.32 Å². The molecule has 108 valence electrons. The highest BCUT2D eigenvalue weighted by molar-refractivity contribution is 5.79. The Bertz CT molecular complexity index is 336. The Morgan fingerprint density at radius 2 is 2.11 bits per heavy atom. The molecular formula is C14H24N2O3. The number of hydrogen-bond acceptors (Lipinski definition) is 3. The number of carbonyl (C=O) groups is 2. The van der Waals surface area contributed by atoms with Crippen LogP contribution in [0.15, 0.2) is 0 Å². The molecule has 2 aliphatic rings. The van der Waals surface area contributed by atoms with Crippen LogP contribution in [0.1, 0.15) is 39.0 Å². The molecule has 0 aromatic carbocycles. The number of likely N-dealkylation sites (tertiary alicyclic amines) is 1. The molecule has 0 aromatic heterocycles. The largest absolute Gasteiger partial charge is 0.381 e. The van der Waals surface area contributed by atoms with E-state index >= 15 is 0 Å². The van der Waals surface area contributed by atoms with Gasteiger partial charge in [-0.1, -0.05) is 6.92 Å². The van der Waals surface area contributed by atoms with Crippen molar-refractivity contribution in [1.29, 1.82) is 0 Å². The van der Waals surface area contributed by atoms with Crippen LogP contribution in [0.3, 0.4) is 0 Å². The first-order valence-corrected chi connectivity index (χ1v) is 7.27. The smallest absolute Gasteiger partial charge is 0.224 e. The van der Waals surface area contributed by atoms with Crippen molar-refractivity contribution in [1.82, 2.24) is 10.2 Å². The zero-order valence-corrected chi connectivity index (χ0v) is 11.7. The molecule has 2 fully saturated rings. The fraction of sp³-hybridized carbons (Fsp3) is 0.857. The minimum Gasteiger partial charge on any atom is -0.381 e. The van der Waals surface area contributed by atoms with Gasteiger partial charge in [0.15, 0.2) is 0 Å². The highest BCUT2D eigenvalue weighted by atomic mass is 16.5. The van der Waals surface area contributed by atoms with Crippen LogP contribution in [-0.2, 0) is 14.3 Å². The maximum absolute atomic E-state index is 12.0. The molecule has 2 saturated heterocycles. The lowest BCUT2D eigenvalue weighted by molar-refractivity contribution is -0.134. The quantitative estimate of drug-likeness (QED) is 0.755.